The third-order valence-corrected chi connectivity index (χ3v) is 5.67. The molecule has 154 valence electrons. The van der Waals surface area contributed by atoms with Crippen molar-refractivity contribution in [1.29, 1.82) is 0 Å². The van der Waals surface area contributed by atoms with Crippen molar-refractivity contribution in [2.45, 2.75) is 18.8 Å². The van der Waals surface area contributed by atoms with E-state index in [4.69, 9.17) is 5.73 Å². The van der Waals surface area contributed by atoms with Crippen LogP contribution in [0.3, 0.4) is 0 Å². The molecule has 1 aromatic rings. The number of ether oxygens (including phenoxy) is 1. The number of nitrogens with two attached hydrogens (primary N) is 1. The first kappa shape index (κ1) is 20.6. The molecule has 2 unspecified atom stereocenters. The molecule has 3 rings (SSSR count). The first-order valence-electron chi connectivity index (χ1n) is 8.77. The highest BCUT2D eigenvalue weighted by Gasteiger charge is 2.36. The summed E-state index contributed by atoms with van der Waals surface area (Å²) in [5, 5.41) is 2.63. The number of carbonyl (C=O) groups is 2. The average Bonchev–Trinajstić information content (AvgIpc) is 3.33. The minimum Gasteiger partial charge on any atom is -0.406 e. The number of anilines is 1. The van der Waals surface area contributed by atoms with Crippen LogP contribution in [0.15, 0.2) is 24.3 Å². The number of hydrogen-bond acceptors (Lipinski definition) is 5. The molecule has 2 atom stereocenters. The smallest absolute Gasteiger partial charge is 0.406 e. The lowest BCUT2D eigenvalue weighted by molar-refractivity contribution is -0.274. The van der Waals surface area contributed by atoms with Gasteiger partial charge in [0.05, 0.1) is 11.9 Å². The van der Waals surface area contributed by atoms with E-state index in [1.807, 2.05) is 0 Å². The third-order valence-electron chi connectivity index (χ3n) is 4.71. The molecule has 2 fully saturated rings. The largest absolute Gasteiger partial charge is 0.573 e. The summed E-state index contributed by atoms with van der Waals surface area (Å²) in [6.07, 6.45) is -4.14. The fourth-order valence-electron chi connectivity index (χ4n) is 3.21. The zero-order chi connectivity index (χ0) is 20.3. The van der Waals surface area contributed by atoms with Crippen molar-refractivity contribution >= 4 is 29.4 Å². The molecule has 2 aliphatic heterocycles. The van der Waals surface area contributed by atoms with Crippen molar-refractivity contribution in [2.24, 2.45) is 11.7 Å². The molecule has 2 heterocycles. The zero-order valence-corrected chi connectivity index (χ0v) is 15.8. The van der Waals surface area contributed by atoms with Crippen molar-refractivity contribution in [3.63, 3.8) is 0 Å². The van der Waals surface area contributed by atoms with Gasteiger partial charge in [-0.05, 0) is 30.7 Å². The van der Waals surface area contributed by atoms with Gasteiger partial charge in [0.25, 0.3) is 0 Å². The summed E-state index contributed by atoms with van der Waals surface area (Å²) < 4.78 is 40.3. The highest BCUT2D eigenvalue weighted by Crippen LogP contribution is 2.25. The lowest BCUT2D eigenvalue weighted by atomic mass is 9.99. The van der Waals surface area contributed by atoms with Crippen LogP contribution < -0.4 is 15.8 Å². The van der Waals surface area contributed by atoms with E-state index in [0.717, 1.165) is 17.9 Å². The number of likely N-dealkylation sites (tertiary alicyclic amines) is 1. The van der Waals surface area contributed by atoms with Crippen LogP contribution in [0.4, 0.5) is 23.7 Å². The Bertz CT molecular complexity index is 711. The number of amides is 3. The van der Waals surface area contributed by atoms with Crippen LogP contribution in [0.5, 0.6) is 5.75 Å². The second-order valence-corrected chi connectivity index (χ2v) is 7.74. The molecule has 0 saturated carbocycles. The quantitative estimate of drug-likeness (QED) is 0.784. The highest BCUT2D eigenvalue weighted by molar-refractivity contribution is 7.99. The normalized spacial score (nSPS) is 20.9. The Kier molecular flexibility index (Phi) is 6.23. The number of hydrogen-bond donors (Lipinski definition) is 2. The van der Waals surface area contributed by atoms with E-state index in [0.29, 0.717) is 37.6 Å². The van der Waals surface area contributed by atoms with Gasteiger partial charge in [0, 0.05) is 37.0 Å². The number of halogens is 3. The van der Waals surface area contributed by atoms with Gasteiger partial charge in [0.1, 0.15) is 5.75 Å². The highest BCUT2D eigenvalue weighted by atomic mass is 32.2. The summed E-state index contributed by atoms with van der Waals surface area (Å²) in [6.45, 7) is 1.51. The number of rotatable bonds is 4. The Morgan fingerprint density at radius 1 is 1.21 bits per heavy atom. The summed E-state index contributed by atoms with van der Waals surface area (Å²) in [6, 6.07) is 3.87. The molecule has 0 spiro atoms. The Morgan fingerprint density at radius 3 is 2.54 bits per heavy atom. The van der Waals surface area contributed by atoms with E-state index in [-0.39, 0.29) is 23.6 Å². The minimum atomic E-state index is -4.76. The van der Waals surface area contributed by atoms with Crippen LogP contribution in [0.2, 0.25) is 0 Å². The molecule has 0 aliphatic carbocycles. The molecular weight excluding hydrogens is 397 g/mol. The number of carbonyl (C=O) groups excluding carboxylic acids is 2. The summed E-state index contributed by atoms with van der Waals surface area (Å²) in [4.78, 5) is 28.1. The molecular formula is C17H21F3N4O3S. The standard InChI is InChI=1S/C17H21F3N4O3S/c18-17(19,20)27-13-3-1-12(2-4-13)22-16(26)23-6-5-11(9-23)14(21)15(25)24-7-8-28-10-24/h1-4,11,14H,5-10,21H2,(H,22,26). The fourth-order valence-corrected chi connectivity index (χ4v) is 4.16. The van der Waals surface area contributed by atoms with Gasteiger partial charge in [-0.15, -0.1) is 24.9 Å². The number of nitrogens with zero attached hydrogens (tertiary/aromatic N) is 2. The Balaban J connectivity index is 1.51. The van der Waals surface area contributed by atoms with E-state index < -0.39 is 12.4 Å². The van der Waals surface area contributed by atoms with Crippen molar-refractivity contribution in [3.8, 4) is 5.75 Å². The van der Waals surface area contributed by atoms with E-state index in [9.17, 15) is 22.8 Å². The number of urea groups is 1. The van der Waals surface area contributed by atoms with Gasteiger partial charge in [0.2, 0.25) is 5.91 Å². The molecule has 28 heavy (non-hydrogen) atoms. The predicted molar refractivity (Wildman–Crippen MR) is 98.8 cm³/mol. The van der Waals surface area contributed by atoms with Crippen LogP contribution in [0, 0.1) is 5.92 Å². The fraction of sp³-hybridized carbons (Fsp3) is 0.529. The molecule has 3 N–H and O–H groups in total. The van der Waals surface area contributed by atoms with Crippen molar-refractivity contribution < 1.29 is 27.5 Å². The van der Waals surface area contributed by atoms with Gasteiger partial charge in [0.15, 0.2) is 0 Å². The van der Waals surface area contributed by atoms with Crippen LogP contribution in [-0.2, 0) is 4.79 Å². The molecule has 11 heteroatoms. The topological polar surface area (TPSA) is 87.9 Å². The molecule has 0 bridgehead atoms. The maximum absolute atomic E-state index is 12.4. The molecule has 2 aliphatic rings. The van der Waals surface area contributed by atoms with Crippen molar-refractivity contribution in [2.75, 3.05) is 36.6 Å². The van der Waals surface area contributed by atoms with Gasteiger partial charge in [-0.2, -0.15) is 0 Å². The second-order valence-electron chi connectivity index (χ2n) is 6.66. The van der Waals surface area contributed by atoms with Crippen molar-refractivity contribution in [1.82, 2.24) is 9.80 Å². The SMILES string of the molecule is NC(C(=O)N1CCSC1)C1CCN(C(=O)Nc2ccc(OC(F)(F)F)cc2)C1. The van der Waals surface area contributed by atoms with Crippen molar-refractivity contribution in [3.05, 3.63) is 24.3 Å². The Morgan fingerprint density at radius 2 is 1.93 bits per heavy atom. The summed E-state index contributed by atoms with van der Waals surface area (Å²) in [7, 11) is 0. The van der Waals surface area contributed by atoms with Crippen LogP contribution in [0.1, 0.15) is 6.42 Å². The second kappa shape index (κ2) is 8.48. The lowest BCUT2D eigenvalue weighted by Gasteiger charge is -2.24. The number of alkyl halides is 3. The first-order valence-corrected chi connectivity index (χ1v) is 9.92. The lowest BCUT2D eigenvalue weighted by Crippen LogP contribution is -2.47. The summed E-state index contributed by atoms with van der Waals surface area (Å²) in [5.74, 6) is 0.988. The van der Waals surface area contributed by atoms with Gasteiger partial charge >= 0.3 is 12.4 Å². The molecule has 0 radical (unpaired) electrons. The predicted octanol–water partition coefficient (Wildman–Crippen LogP) is 2.30. The Hall–Kier alpha value is -2.14. The first-order chi connectivity index (χ1) is 13.2. The zero-order valence-electron chi connectivity index (χ0n) is 14.9. The molecule has 1 aromatic carbocycles. The van der Waals surface area contributed by atoms with E-state index >= 15 is 0 Å². The third kappa shape index (κ3) is 5.22. The van der Waals surface area contributed by atoms with E-state index in [1.165, 1.54) is 12.1 Å². The molecule has 3 amide bonds. The Labute approximate surface area is 164 Å². The number of nitrogens with one attached hydrogen (secondary N) is 1. The average molecular weight is 418 g/mol. The number of thioether (sulfide) groups is 1. The van der Waals surface area contributed by atoms with Gasteiger partial charge in [-0.25, -0.2) is 4.79 Å². The van der Waals surface area contributed by atoms with E-state index in [2.05, 4.69) is 10.1 Å². The van der Waals surface area contributed by atoms with Crippen LogP contribution in [0.25, 0.3) is 0 Å². The molecule has 7 nitrogen and oxygen atoms in total. The van der Waals surface area contributed by atoms with Crippen LogP contribution in [-0.4, -0.2) is 65.4 Å². The summed E-state index contributed by atoms with van der Waals surface area (Å²) >= 11 is 1.68. The minimum absolute atomic E-state index is 0.0856. The number of benzene rings is 1. The van der Waals surface area contributed by atoms with Crippen LogP contribution >= 0.6 is 11.8 Å². The van der Waals surface area contributed by atoms with Gasteiger partial charge < -0.3 is 25.6 Å². The van der Waals surface area contributed by atoms with Gasteiger partial charge in [-0.1, -0.05) is 0 Å². The van der Waals surface area contributed by atoms with E-state index in [1.54, 1.807) is 21.6 Å². The summed E-state index contributed by atoms with van der Waals surface area (Å²) in [5.41, 5.74) is 6.46. The van der Waals surface area contributed by atoms with Gasteiger partial charge in [-0.3, -0.25) is 4.79 Å². The maximum atomic E-state index is 12.4. The monoisotopic (exact) mass is 418 g/mol. The molecule has 0 aromatic heterocycles. The maximum Gasteiger partial charge on any atom is 0.573 e. The molecule has 2 saturated heterocycles.